The third-order valence-corrected chi connectivity index (χ3v) is 2.50. The van der Waals surface area contributed by atoms with E-state index in [0.29, 0.717) is 19.7 Å². The molecule has 1 saturated heterocycles. The van der Waals surface area contributed by atoms with Crippen LogP contribution in [0.4, 0.5) is 4.79 Å². The van der Waals surface area contributed by atoms with Crippen LogP contribution in [0, 0.1) is 11.5 Å². The van der Waals surface area contributed by atoms with Gasteiger partial charge in [-0.25, -0.2) is 9.79 Å². The first kappa shape index (κ1) is 13.1. The molecule has 0 aliphatic carbocycles. The third-order valence-electron chi connectivity index (χ3n) is 2.50. The summed E-state index contributed by atoms with van der Waals surface area (Å²) < 4.78 is 4.91. The summed E-state index contributed by atoms with van der Waals surface area (Å²) in [6.45, 7) is 3.37. The van der Waals surface area contributed by atoms with Gasteiger partial charge < -0.3 is 15.4 Å². The molecular formula is C10H17N5O2. The van der Waals surface area contributed by atoms with Gasteiger partial charge in [0.1, 0.15) is 0 Å². The number of carbonyl (C=O) groups is 1. The van der Waals surface area contributed by atoms with Gasteiger partial charge in [-0.1, -0.05) is 0 Å². The van der Waals surface area contributed by atoms with Crippen LogP contribution >= 0.6 is 0 Å². The molecule has 1 fully saturated rings. The summed E-state index contributed by atoms with van der Waals surface area (Å²) in [6.07, 6.45) is 2.89. The van der Waals surface area contributed by atoms with E-state index in [1.165, 1.54) is 0 Å². The number of likely N-dealkylation sites (tertiary alicyclic amines) is 1. The Bertz CT molecular complexity index is 328. The van der Waals surface area contributed by atoms with Crippen LogP contribution in [-0.2, 0) is 4.74 Å². The number of nitrogens with one attached hydrogen (secondary N) is 1. The number of hydrogen-bond donors (Lipinski definition) is 2. The summed E-state index contributed by atoms with van der Waals surface area (Å²) in [5.41, 5.74) is 5.47. The number of guanidine groups is 1. The highest BCUT2D eigenvalue weighted by atomic mass is 16.6. The molecule has 1 aliphatic heterocycles. The van der Waals surface area contributed by atoms with E-state index in [0.717, 1.165) is 12.8 Å². The average Bonchev–Trinajstić information content (AvgIpc) is 2.30. The molecule has 7 nitrogen and oxygen atoms in total. The van der Waals surface area contributed by atoms with Crippen molar-refractivity contribution < 1.29 is 9.53 Å². The number of carbonyl (C=O) groups excluding carboxylic acids is 1. The van der Waals surface area contributed by atoms with Crippen LogP contribution in [-0.4, -0.2) is 42.7 Å². The van der Waals surface area contributed by atoms with Gasteiger partial charge in [0, 0.05) is 13.1 Å². The third kappa shape index (κ3) is 4.18. The number of rotatable bonds is 2. The van der Waals surface area contributed by atoms with Crippen molar-refractivity contribution in [1.82, 2.24) is 10.2 Å². The van der Waals surface area contributed by atoms with Gasteiger partial charge in [0.25, 0.3) is 0 Å². The average molecular weight is 239 g/mol. The van der Waals surface area contributed by atoms with Crippen LogP contribution < -0.4 is 11.1 Å². The summed E-state index contributed by atoms with van der Waals surface area (Å²) in [5, 5.41) is 10.6. The number of ether oxygens (including phenoxy) is 1. The van der Waals surface area contributed by atoms with E-state index >= 15 is 0 Å². The molecule has 0 spiro atoms. The topological polar surface area (TPSA) is 104 Å². The molecule has 0 atom stereocenters. The zero-order valence-electron chi connectivity index (χ0n) is 9.85. The molecule has 7 heteroatoms. The van der Waals surface area contributed by atoms with E-state index in [4.69, 9.17) is 15.7 Å². The van der Waals surface area contributed by atoms with Crippen molar-refractivity contribution in [3.63, 3.8) is 0 Å². The highest BCUT2D eigenvalue weighted by molar-refractivity contribution is 5.79. The Labute approximate surface area is 100 Å². The largest absolute Gasteiger partial charge is 0.450 e. The van der Waals surface area contributed by atoms with Crippen LogP contribution in [0.15, 0.2) is 4.99 Å². The first-order chi connectivity index (χ1) is 8.17. The number of nitrogens with zero attached hydrogens (tertiary/aromatic N) is 3. The van der Waals surface area contributed by atoms with Crippen molar-refractivity contribution >= 4 is 12.1 Å². The molecule has 0 unspecified atom stereocenters. The Morgan fingerprint density at radius 2 is 2.29 bits per heavy atom. The lowest BCUT2D eigenvalue weighted by atomic mass is 10.1. The maximum absolute atomic E-state index is 11.4. The van der Waals surface area contributed by atoms with Crippen molar-refractivity contribution in [3.05, 3.63) is 0 Å². The zero-order chi connectivity index (χ0) is 12.7. The minimum absolute atomic E-state index is 0.0570. The second kappa shape index (κ2) is 6.58. The van der Waals surface area contributed by atoms with Crippen LogP contribution in [0.25, 0.3) is 0 Å². The van der Waals surface area contributed by atoms with Crippen LogP contribution in [0.3, 0.4) is 0 Å². The molecule has 0 bridgehead atoms. The lowest BCUT2D eigenvalue weighted by Gasteiger charge is -2.29. The van der Waals surface area contributed by atoms with Gasteiger partial charge in [0.2, 0.25) is 5.96 Å². The second-order valence-corrected chi connectivity index (χ2v) is 3.67. The SMILES string of the molecule is CCOC(=O)N1CCC(N=C(N)NC#N)CC1. The number of amides is 1. The molecule has 0 aromatic carbocycles. The Morgan fingerprint density at radius 1 is 1.65 bits per heavy atom. The summed E-state index contributed by atoms with van der Waals surface area (Å²) in [4.78, 5) is 17.2. The Hall–Kier alpha value is -1.97. The zero-order valence-corrected chi connectivity index (χ0v) is 9.85. The maximum Gasteiger partial charge on any atom is 0.409 e. The fraction of sp³-hybridized carbons (Fsp3) is 0.700. The van der Waals surface area contributed by atoms with E-state index in [-0.39, 0.29) is 18.1 Å². The number of nitrogens with two attached hydrogens (primary N) is 1. The Balaban J connectivity index is 2.38. The molecule has 3 N–H and O–H groups in total. The molecule has 1 rings (SSSR count). The number of nitriles is 1. The minimum atomic E-state index is -0.280. The van der Waals surface area contributed by atoms with Crippen molar-refractivity contribution in [2.24, 2.45) is 10.7 Å². The van der Waals surface area contributed by atoms with Gasteiger partial charge in [-0.2, -0.15) is 5.26 Å². The molecule has 17 heavy (non-hydrogen) atoms. The van der Waals surface area contributed by atoms with Gasteiger partial charge in [-0.15, -0.1) is 0 Å². The van der Waals surface area contributed by atoms with Crippen molar-refractivity contribution in [2.45, 2.75) is 25.8 Å². The molecule has 1 amide bonds. The van der Waals surface area contributed by atoms with E-state index in [1.807, 2.05) is 0 Å². The van der Waals surface area contributed by atoms with Crippen LogP contribution in [0.5, 0.6) is 0 Å². The molecule has 1 aliphatic rings. The lowest BCUT2D eigenvalue weighted by molar-refractivity contribution is 0.0975. The summed E-state index contributed by atoms with van der Waals surface area (Å²) in [6, 6.07) is 0.0570. The Kier molecular flexibility index (Phi) is 5.07. The Morgan fingerprint density at radius 3 is 2.82 bits per heavy atom. The minimum Gasteiger partial charge on any atom is -0.450 e. The van der Waals surface area contributed by atoms with Crippen molar-refractivity contribution in [3.8, 4) is 6.19 Å². The van der Waals surface area contributed by atoms with E-state index in [2.05, 4.69) is 10.3 Å². The predicted octanol–water partition coefficient (Wildman–Crippen LogP) is -0.00732. The molecule has 0 radical (unpaired) electrons. The number of aliphatic imine (C=N–C) groups is 1. The highest BCUT2D eigenvalue weighted by Crippen LogP contribution is 2.14. The van der Waals surface area contributed by atoms with Crippen LogP contribution in [0.2, 0.25) is 0 Å². The van der Waals surface area contributed by atoms with Gasteiger partial charge in [0.15, 0.2) is 6.19 Å². The maximum atomic E-state index is 11.4. The normalized spacial score (nSPS) is 17.4. The van der Waals surface area contributed by atoms with E-state index in [1.54, 1.807) is 18.0 Å². The van der Waals surface area contributed by atoms with E-state index < -0.39 is 0 Å². The van der Waals surface area contributed by atoms with Gasteiger partial charge in [-0.3, -0.25) is 5.32 Å². The predicted molar refractivity (Wildman–Crippen MR) is 62.0 cm³/mol. The van der Waals surface area contributed by atoms with Crippen molar-refractivity contribution in [1.29, 1.82) is 5.26 Å². The smallest absolute Gasteiger partial charge is 0.409 e. The molecule has 0 aromatic heterocycles. The standard InChI is InChI=1S/C10H17N5O2/c1-2-17-10(16)15-5-3-8(4-6-15)14-9(12)13-7-11/h8H,2-6H2,1H3,(H3,12,13,14). The highest BCUT2D eigenvalue weighted by Gasteiger charge is 2.23. The monoisotopic (exact) mass is 239 g/mol. The number of piperidine rings is 1. The fourth-order valence-electron chi connectivity index (χ4n) is 1.68. The van der Waals surface area contributed by atoms with Crippen LogP contribution in [0.1, 0.15) is 19.8 Å². The number of hydrogen-bond acceptors (Lipinski definition) is 4. The summed E-state index contributed by atoms with van der Waals surface area (Å²) in [7, 11) is 0. The van der Waals surface area contributed by atoms with Gasteiger partial charge in [-0.05, 0) is 19.8 Å². The lowest BCUT2D eigenvalue weighted by Crippen LogP contribution is -2.41. The quantitative estimate of drug-likeness (QED) is 0.305. The molecule has 0 saturated carbocycles. The molecule has 0 aromatic rings. The second-order valence-electron chi connectivity index (χ2n) is 3.67. The first-order valence-corrected chi connectivity index (χ1v) is 5.57. The van der Waals surface area contributed by atoms with E-state index in [9.17, 15) is 4.79 Å². The molecule has 94 valence electrons. The molecular weight excluding hydrogens is 222 g/mol. The molecule has 1 heterocycles. The first-order valence-electron chi connectivity index (χ1n) is 5.57. The fourth-order valence-corrected chi connectivity index (χ4v) is 1.68. The van der Waals surface area contributed by atoms with Gasteiger partial charge >= 0.3 is 6.09 Å². The summed E-state index contributed by atoms with van der Waals surface area (Å²) >= 11 is 0. The summed E-state index contributed by atoms with van der Waals surface area (Å²) in [5.74, 6) is 0.127. The van der Waals surface area contributed by atoms with Crippen molar-refractivity contribution in [2.75, 3.05) is 19.7 Å². The van der Waals surface area contributed by atoms with Gasteiger partial charge in [0.05, 0.1) is 12.6 Å².